The molecular weight excluding hydrogens is 510 g/mol. The fourth-order valence-electron chi connectivity index (χ4n) is 4.32. The molecular formula is C27H24BrN3O2S. The zero-order valence-corrected chi connectivity index (χ0v) is 21.9. The van der Waals surface area contributed by atoms with Crippen molar-refractivity contribution in [3.8, 4) is 21.7 Å². The van der Waals surface area contributed by atoms with E-state index in [9.17, 15) is 4.79 Å². The second kappa shape index (κ2) is 8.96. The highest BCUT2D eigenvalue weighted by atomic mass is 79.9. The van der Waals surface area contributed by atoms with Crippen LogP contribution in [0.5, 0.6) is 0 Å². The number of nitrogens with zero attached hydrogens (tertiary/aromatic N) is 3. The lowest BCUT2D eigenvalue weighted by Crippen LogP contribution is -2.09. The number of aryl methyl sites for hydroxylation is 3. The quantitative estimate of drug-likeness (QED) is 0.228. The second-order valence-corrected chi connectivity index (χ2v) is 10.2. The Bertz CT molecular complexity index is 1550. The Balaban J connectivity index is 1.72. The SMILES string of the molecule is CCOC(=O)Cc1c(C)cc2nc(-c3ccc4c(c3)c(Br)nn4C)sc2c1-c1ccc(C)cc1. The first kappa shape index (κ1) is 22.7. The summed E-state index contributed by atoms with van der Waals surface area (Å²) >= 11 is 5.22. The summed E-state index contributed by atoms with van der Waals surface area (Å²) in [5.41, 5.74) is 8.42. The van der Waals surface area contributed by atoms with Gasteiger partial charge in [0, 0.05) is 23.6 Å². The molecule has 2 heterocycles. The molecule has 5 aromatic rings. The van der Waals surface area contributed by atoms with Crippen LogP contribution in [-0.4, -0.2) is 27.3 Å². The van der Waals surface area contributed by atoms with Gasteiger partial charge < -0.3 is 4.74 Å². The van der Waals surface area contributed by atoms with Gasteiger partial charge >= 0.3 is 5.97 Å². The smallest absolute Gasteiger partial charge is 0.310 e. The van der Waals surface area contributed by atoms with Crippen molar-refractivity contribution in [1.29, 1.82) is 0 Å². The van der Waals surface area contributed by atoms with Gasteiger partial charge in [-0.2, -0.15) is 5.10 Å². The average Bonchev–Trinajstić information content (AvgIpc) is 3.35. The molecule has 0 atom stereocenters. The normalized spacial score (nSPS) is 11.4. The van der Waals surface area contributed by atoms with Crippen LogP contribution in [0.25, 0.3) is 42.8 Å². The maximum absolute atomic E-state index is 12.5. The number of ether oxygens (including phenoxy) is 1. The number of carbonyl (C=O) groups is 1. The van der Waals surface area contributed by atoms with Crippen molar-refractivity contribution in [3.63, 3.8) is 0 Å². The van der Waals surface area contributed by atoms with E-state index in [1.807, 2.05) is 25.6 Å². The Labute approximate surface area is 210 Å². The lowest BCUT2D eigenvalue weighted by Gasteiger charge is -2.14. The van der Waals surface area contributed by atoms with Crippen LogP contribution in [-0.2, 0) is 23.0 Å². The van der Waals surface area contributed by atoms with E-state index < -0.39 is 0 Å². The minimum atomic E-state index is -0.213. The van der Waals surface area contributed by atoms with E-state index in [4.69, 9.17) is 9.72 Å². The molecule has 0 amide bonds. The van der Waals surface area contributed by atoms with Crippen molar-refractivity contribution in [3.05, 3.63) is 69.8 Å². The van der Waals surface area contributed by atoms with E-state index in [1.54, 1.807) is 11.3 Å². The molecule has 172 valence electrons. The highest BCUT2D eigenvalue weighted by Gasteiger charge is 2.20. The Hall–Kier alpha value is -3.03. The minimum Gasteiger partial charge on any atom is -0.466 e. The number of rotatable bonds is 5. The largest absolute Gasteiger partial charge is 0.466 e. The molecule has 0 fully saturated rings. The third kappa shape index (κ3) is 4.03. The summed E-state index contributed by atoms with van der Waals surface area (Å²) in [4.78, 5) is 17.5. The molecule has 5 rings (SSSR count). The van der Waals surface area contributed by atoms with Crippen molar-refractivity contribution in [2.75, 3.05) is 6.61 Å². The zero-order valence-electron chi connectivity index (χ0n) is 19.5. The molecule has 0 spiro atoms. The van der Waals surface area contributed by atoms with Crippen LogP contribution in [0.15, 0.2) is 53.1 Å². The number of halogens is 1. The predicted octanol–water partition coefficient (Wildman–Crippen LogP) is 7.00. The van der Waals surface area contributed by atoms with Crippen LogP contribution in [0.1, 0.15) is 23.6 Å². The van der Waals surface area contributed by atoms with E-state index in [-0.39, 0.29) is 12.4 Å². The molecule has 0 aliphatic rings. The summed E-state index contributed by atoms with van der Waals surface area (Å²) in [5.74, 6) is -0.213. The van der Waals surface area contributed by atoms with Gasteiger partial charge in [-0.3, -0.25) is 9.48 Å². The first-order chi connectivity index (χ1) is 16.4. The molecule has 0 aliphatic heterocycles. The van der Waals surface area contributed by atoms with Gasteiger partial charge in [-0.25, -0.2) is 4.98 Å². The first-order valence-corrected chi connectivity index (χ1v) is 12.7. The number of esters is 1. The highest BCUT2D eigenvalue weighted by Crippen LogP contribution is 2.41. The molecule has 0 saturated heterocycles. The van der Waals surface area contributed by atoms with Crippen molar-refractivity contribution >= 4 is 54.4 Å². The van der Waals surface area contributed by atoms with Crippen molar-refractivity contribution in [2.45, 2.75) is 27.2 Å². The second-order valence-electron chi connectivity index (χ2n) is 8.41. The first-order valence-electron chi connectivity index (χ1n) is 11.1. The van der Waals surface area contributed by atoms with E-state index in [1.165, 1.54) is 5.56 Å². The molecule has 0 unspecified atom stereocenters. The van der Waals surface area contributed by atoms with Gasteiger partial charge in [-0.15, -0.1) is 11.3 Å². The number of thiazole rings is 1. The van der Waals surface area contributed by atoms with Crippen LogP contribution >= 0.6 is 27.3 Å². The number of hydrogen-bond acceptors (Lipinski definition) is 5. The lowest BCUT2D eigenvalue weighted by molar-refractivity contribution is -0.142. The predicted molar refractivity (Wildman–Crippen MR) is 142 cm³/mol. The Morgan fingerprint density at radius 2 is 1.82 bits per heavy atom. The van der Waals surface area contributed by atoms with Crippen molar-refractivity contribution < 1.29 is 9.53 Å². The van der Waals surface area contributed by atoms with Crippen LogP contribution < -0.4 is 0 Å². The van der Waals surface area contributed by atoms with Crippen LogP contribution in [0.3, 0.4) is 0 Å². The summed E-state index contributed by atoms with van der Waals surface area (Å²) in [6.45, 7) is 6.33. The number of aromatic nitrogens is 3. The van der Waals surface area contributed by atoms with E-state index in [0.717, 1.165) is 58.5 Å². The number of fused-ring (bicyclic) bond motifs is 2. The van der Waals surface area contributed by atoms with Gasteiger partial charge in [-0.1, -0.05) is 29.8 Å². The summed E-state index contributed by atoms with van der Waals surface area (Å²) in [5, 5.41) is 6.46. The highest BCUT2D eigenvalue weighted by molar-refractivity contribution is 9.10. The molecule has 0 saturated carbocycles. The van der Waals surface area contributed by atoms with Gasteiger partial charge in [-0.05, 0) is 77.7 Å². The molecule has 0 bridgehead atoms. The van der Waals surface area contributed by atoms with Gasteiger partial charge in [0.25, 0.3) is 0 Å². The van der Waals surface area contributed by atoms with E-state index >= 15 is 0 Å². The zero-order chi connectivity index (χ0) is 24.0. The third-order valence-corrected chi connectivity index (χ3v) is 7.75. The summed E-state index contributed by atoms with van der Waals surface area (Å²) < 4.78 is 9.05. The van der Waals surface area contributed by atoms with Crippen LogP contribution in [0, 0.1) is 13.8 Å². The number of carbonyl (C=O) groups excluding carboxylic acids is 1. The molecule has 7 heteroatoms. The average molecular weight is 534 g/mol. The maximum atomic E-state index is 12.5. The lowest BCUT2D eigenvalue weighted by atomic mass is 9.93. The molecule has 34 heavy (non-hydrogen) atoms. The standard InChI is InChI=1S/C27H24BrN3O2S/c1-5-33-23(32)14-19-16(3)12-21-25(24(19)17-8-6-15(2)7-9-17)34-27(29-21)18-10-11-22-20(13-18)26(28)30-31(22)4/h6-13H,5,14H2,1-4H3. The summed E-state index contributed by atoms with van der Waals surface area (Å²) in [7, 11) is 1.94. The van der Waals surface area contributed by atoms with Crippen molar-refractivity contribution in [1.82, 2.24) is 14.8 Å². The summed E-state index contributed by atoms with van der Waals surface area (Å²) in [6.07, 6.45) is 0.237. The van der Waals surface area contributed by atoms with Crippen LogP contribution in [0.4, 0.5) is 0 Å². The maximum Gasteiger partial charge on any atom is 0.310 e. The molecule has 0 aliphatic carbocycles. The molecule has 0 N–H and O–H groups in total. The Morgan fingerprint density at radius 3 is 2.56 bits per heavy atom. The fraction of sp³-hybridized carbons (Fsp3) is 0.222. The molecule has 0 radical (unpaired) electrons. The van der Waals surface area contributed by atoms with E-state index in [0.29, 0.717) is 6.61 Å². The monoisotopic (exact) mass is 533 g/mol. The van der Waals surface area contributed by atoms with Gasteiger partial charge in [0.05, 0.1) is 28.8 Å². The topological polar surface area (TPSA) is 57.0 Å². The fourth-order valence-corrected chi connectivity index (χ4v) is 6.01. The Kier molecular flexibility index (Phi) is 6.00. The number of benzene rings is 3. The molecule has 2 aromatic heterocycles. The summed E-state index contributed by atoms with van der Waals surface area (Å²) in [6, 6.07) is 16.8. The molecule has 5 nitrogen and oxygen atoms in total. The van der Waals surface area contributed by atoms with Gasteiger partial charge in [0.2, 0.25) is 0 Å². The minimum absolute atomic E-state index is 0.213. The van der Waals surface area contributed by atoms with Gasteiger partial charge in [0.15, 0.2) is 0 Å². The third-order valence-electron chi connectivity index (χ3n) is 6.03. The van der Waals surface area contributed by atoms with Crippen molar-refractivity contribution in [2.24, 2.45) is 7.05 Å². The van der Waals surface area contributed by atoms with Crippen LogP contribution in [0.2, 0.25) is 0 Å². The Morgan fingerprint density at radius 1 is 1.09 bits per heavy atom. The molecule has 3 aromatic carbocycles. The van der Waals surface area contributed by atoms with Gasteiger partial charge in [0.1, 0.15) is 9.61 Å². The van der Waals surface area contributed by atoms with E-state index in [2.05, 4.69) is 76.5 Å². The number of hydrogen-bond donors (Lipinski definition) is 0.